The first kappa shape index (κ1) is 84.1. The molecule has 42 heteroatoms. The van der Waals surface area contributed by atoms with Crippen LogP contribution in [0.2, 0.25) is 0 Å². The molecule has 4 aromatic heterocycles. The molecule has 19 atom stereocenters. The molecule has 0 aliphatic carbocycles. The SMILES string of the molecule is CC(=O)N[C@H]1[C@H](OCCOCCn2cc(CN(CCCCC(C)N(Cc3cn(CCOCCO[C@H]4C[C@@H](O)[C@@H](O)[C@@H](CO)O4)nn3)Cc3cn(CCOCCO[C@H]4C[C@@H](O)[C@@H](O)[C@@H](CO)O4)nn3)Cc3cn(CCOCCO[C@@H]4O[C@H](CO)[C@H](O)[C@H](O)[C@H]4NC(C)=O)nn3)nn2)O[C@H](CO)[C@H](O)[C@@H]1O. The van der Waals surface area contributed by atoms with Gasteiger partial charge in [-0.2, -0.15) is 0 Å². The molecule has 1 unspecified atom stereocenters. The zero-order valence-electron chi connectivity index (χ0n) is 58.8. The summed E-state index contributed by atoms with van der Waals surface area (Å²) in [6, 6.07) is -2.19. The van der Waals surface area contributed by atoms with E-state index in [1.54, 1.807) is 18.7 Å². The van der Waals surface area contributed by atoms with Crippen molar-refractivity contribution in [2.45, 2.75) is 222 Å². The van der Waals surface area contributed by atoms with Crippen molar-refractivity contribution in [1.29, 1.82) is 0 Å². The largest absolute Gasteiger partial charge is 0.394 e. The van der Waals surface area contributed by atoms with Gasteiger partial charge >= 0.3 is 0 Å². The van der Waals surface area contributed by atoms with E-state index >= 15 is 0 Å². The zero-order valence-corrected chi connectivity index (χ0v) is 58.8. The molecule has 8 heterocycles. The fourth-order valence-electron chi connectivity index (χ4n) is 12.0. The molecule has 0 spiro atoms. The number of aliphatic hydroxyl groups is 12. The number of aliphatic hydroxyl groups excluding tert-OH is 12. The molecule has 0 aromatic carbocycles. The van der Waals surface area contributed by atoms with Gasteiger partial charge < -0.3 is 129 Å². The molecular weight excluding hydrogens is 1380 g/mol. The van der Waals surface area contributed by atoms with Crippen LogP contribution in [-0.2, 0) is 119 Å². The van der Waals surface area contributed by atoms with Gasteiger partial charge in [-0.25, -0.2) is 18.7 Å². The Hall–Kier alpha value is -5.54. The molecular formula is C62H106N16O26. The van der Waals surface area contributed by atoms with E-state index in [1.807, 2.05) is 24.8 Å². The van der Waals surface area contributed by atoms with Crippen molar-refractivity contribution in [2.75, 3.05) is 112 Å². The second kappa shape index (κ2) is 44.1. The van der Waals surface area contributed by atoms with Gasteiger partial charge in [-0.05, 0) is 26.3 Å². The summed E-state index contributed by atoms with van der Waals surface area (Å²) in [5.74, 6) is -0.949. The van der Waals surface area contributed by atoms with E-state index in [4.69, 9.17) is 56.8 Å². The molecule has 14 N–H and O–H groups in total. The first-order valence-corrected chi connectivity index (χ1v) is 35.1. The number of nitrogens with one attached hydrogen (secondary N) is 2. The molecule has 4 saturated heterocycles. The van der Waals surface area contributed by atoms with Crippen LogP contribution >= 0.6 is 0 Å². The molecule has 8 rings (SSSR count). The highest BCUT2D eigenvalue weighted by Crippen LogP contribution is 2.26. The highest BCUT2D eigenvalue weighted by atomic mass is 16.7. The molecule has 4 aromatic rings. The predicted molar refractivity (Wildman–Crippen MR) is 349 cm³/mol. The van der Waals surface area contributed by atoms with Crippen molar-refractivity contribution in [1.82, 2.24) is 80.4 Å². The first-order valence-electron chi connectivity index (χ1n) is 35.1. The minimum atomic E-state index is -1.45. The number of rotatable bonds is 48. The lowest BCUT2D eigenvalue weighted by molar-refractivity contribution is -0.272. The Morgan fingerprint density at radius 2 is 0.798 bits per heavy atom. The number of carbonyl (C=O) groups is 2. The molecule has 4 aliphatic heterocycles. The Balaban J connectivity index is 0.851. The van der Waals surface area contributed by atoms with Crippen LogP contribution < -0.4 is 10.6 Å². The van der Waals surface area contributed by atoms with Crippen LogP contribution in [0.3, 0.4) is 0 Å². The van der Waals surface area contributed by atoms with E-state index in [0.29, 0.717) is 81.7 Å². The van der Waals surface area contributed by atoms with Crippen LogP contribution in [-0.4, -0.2) is 372 Å². The van der Waals surface area contributed by atoms with Crippen LogP contribution in [0.1, 0.15) is 75.7 Å². The number of amides is 2. The van der Waals surface area contributed by atoms with Crippen LogP contribution in [0.5, 0.6) is 0 Å². The lowest BCUT2D eigenvalue weighted by Crippen LogP contribution is -2.64. The lowest BCUT2D eigenvalue weighted by atomic mass is 9.97. The van der Waals surface area contributed by atoms with Crippen molar-refractivity contribution in [3.05, 3.63) is 47.6 Å². The van der Waals surface area contributed by atoms with E-state index in [0.717, 1.165) is 19.3 Å². The summed E-state index contributed by atoms with van der Waals surface area (Å²) in [5.41, 5.74) is 2.75. The zero-order chi connectivity index (χ0) is 74.5. The summed E-state index contributed by atoms with van der Waals surface area (Å²) in [5, 5.41) is 161. The van der Waals surface area contributed by atoms with E-state index in [-0.39, 0.29) is 98.2 Å². The number of nitrogens with zero attached hydrogens (tertiary/aromatic N) is 14. The highest BCUT2D eigenvalue weighted by molar-refractivity contribution is 5.73. The Morgan fingerprint density at radius 1 is 0.462 bits per heavy atom. The van der Waals surface area contributed by atoms with Crippen molar-refractivity contribution >= 4 is 11.8 Å². The smallest absolute Gasteiger partial charge is 0.217 e. The normalized spacial score (nSPS) is 28.5. The molecule has 42 nitrogen and oxygen atoms in total. The third-order valence-corrected chi connectivity index (χ3v) is 17.7. The maximum atomic E-state index is 11.9. The Kier molecular flexibility index (Phi) is 35.6. The molecule has 0 bridgehead atoms. The van der Waals surface area contributed by atoms with Crippen molar-refractivity contribution < 1.29 is 128 Å². The minimum absolute atomic E-state index is 0.00439. The standard InChI is InChI=1S/C62H106N16O26/c1-38(74(28-43-32-77(71-67-43)10-12-93-16-20-97-51-24-45(85)55(87)47(34-79)101-51)29-44-33-78(72-68-44)11-13-94-17-21-98-52-25-46(86)56(88)48(35-80)102-52)6-4-5-7-73(26-41-30-75(69-65-41)8-14-95-18-22-99-61-53(63-39(2)83)59(91)57(89)49(36-81)103-61)27-42-31-76(70-66-42)9-15-96-19-23-100-62-54(64-40(3)84)60(92)58(90)50(37-82)104-62/h30-33,38,45-62,79-82,85-92H,4-29,34-37H2,1-3H3,(H,63,83)(H,64,84)/t38?,45-,46-,47-,48-,49-,50-,51-,52-,53-,54-,55-,56-,57+,58+,59-,60-,61-,62-/m1/s1. The van der Waals surface area contributed by atoms with Gasteiger partial charge in [0.2, 0.25) is 11.8 Å². The summed E-state index contributed by atoms with van der Waals surface area (Å²) >= 11 is 0. The average molecular weight is 1490 g/mol. The van der Waals surface area contributed by atoms with Crippen LogP contribution in [0.25, 0.3) is 0 Å². The first-order chi connectivity index (χ1) is 50.2. The van der Waals surface area contributed by atoms with E-state index in [9.17, 15) is 70.9 Å². The Labute approximate surface area is 599 Å². The van der Waals surface area contributed by atoms with E-state index in [2.05, 4.69) is 68.6 Å². The summed E-state index contributed by atoms with van der Waals surface area (Å²) in [7, 11) is 0. The maximum absolute atomic E-state index is 11.9. The summed E-state index contributed by atoms with van der Waals surface area (Å²) in [6.45, 7) is 8.12. The molecule has 0 saturated carbocycles. The molecule has 4 aliphatic rings. The van der Waals surface area contributed by atoms with E-state index in [1.165, 1.54) is 13.8 Å². The van der Waals surface area contributed by atoms with Gasteiger partial charge in [-0.15, -0.1) is 20.4 Å². The average Bonchev–Trinajstić information content (AvgIpc) is 1.03. The topological polar surface area (TPSA) is 541 Å². The second-order valence-corrected chi connectivity index (χ2v) is 25.8. The number of hydrogen-bond acceptors (Lipinski definition) is 36. The van der Waals surface area contributed by atoms with Crippen molar-refractivity contribution in [2.24, 2.45) is 0 Å². The monoisotopic (exact) mass is 1490 g/mol. The number of carbonyl (C=O) groups excluding carboxylic acids is 2. The Morgan fingerprint density at radius 3 is 1.14 bits per heavy atom. The summed E-state index contributed by atoms with van der Waals surface area (Å²) in [6.07, 6.45) is -8.74. The lowest BCUT2D eigenvalue weighted by Gasteiger charge is -2.42. The van der Waals surface area contributed by atoms with Crippen LogP contribution in [0.15, 0.2) is 24.8 Å². The molecule has 104 heavy (non-hydrogen) atoms. The van der Waals surface area contributed by atoms with Crippen LogP contribution in [0.4, 0.5) is 0 Å². The van der Waals surface area contributed by atoms with Crippen LogP contribution in [0, 0.1) is 0 Å². The van der Waals surface area contributed by atoms with Crippen molar-refractivity contribution in [3.8, 4) is 0 Å². The van der Waals surface area contributed by atoms with Gasteiger partial charge in [-0.3, -0.25) is 19.4 Å². The maximum Gasteiger partial charge on any atom is 0.217 e. The van der Waals surface area contributed by atoms with Gasteiger partial charge in [0, 0.05) is 83.7 Å². The van der Waals surface area contributed by atoms with Gasteiger partial charge in [-0.1, -0.05) is 27.3 Å². The number of ether oxygens (including phenoxy) is 12. The van der Waals surface area contributed by atoms with Crippen molar-refractivity contribution in [3.63, 3.8) is 0 Å². The number of unbranched alkanes of at least 4 members (excludes halogenated alkanes) is 1. The van der Waals surface area contributed by atoms with Gasteiger partial charge in [0.25, 0.3) is 0 Å². The molecule has 2 amide bonds. The number of hydrogen-bond donors (Lipinski definition) is 14. The predicted octanol–water partition coefficient (Wildman–Crippen LogP) is -8.01. The number of aromatic nitrogens is 12. The second-order valence-electron chi connectivity index (χ2n) is 25.8. The minimum Gasteiger partial charge on any atom is -0.394 e. The van der Waals surface area contributed by atoms with E-state index < -0.39 is 149 Å². The molecule has 4 fully saturated rings. The quantitative estimate of drug-likeness (QED) is 0.0183. The fourth-order valence-corrected chi connectivity index (χ4v) is 12.0. The summed E-state index contributed by atoms with van der Waals surface area (Å²) in [4.78, 5) is 28.2. The molecule has 0 radical (unpaired) electrons. The van der Waals surface area contributed by atoms with Gasteiger partial charge in [0.05, 0.1) is 167 Å². The molecule has 590 valence electrons. The highest BCUT2D eigenvalue weighted by Gasteiger charge is 2.47. The van der Waals surface area contributed by atoms with Gasteiger partial charge in [0.1, 0.15) is 73.1 Å². The third kappa shape index (κ3) is 26.7. The van der Waals surface area contributed by atoms with Gasteiger partial charge in [0.15, 0.2) is 25.2 Å². The third-order valence-electron chi connectivity index (χ3n) is 17.7. The fraction of sp³-hybridized carbons (Fsp3) is 0.839. The Bertz CT molecular complexity index is 2870. The summed E-state index contributed by atoms with van der Waals surface area (Å²) < 4.78 is 75.1.